The van der Waals surface area contributed by atoms with Crippen LogP contribution in [-0.2, 0) is 6.61 Å². The molecule has 0 radical (unpaired) electrons. The fourth-order valence-electron chi connectivity index (χ4n) is 3.16. The van der Waals surface area contributed by atoms with Crippen molar-refractivity contribution in [1.82, 2.24) is 9.78 Å². The highest BCUT2D eigenvalue weighted by molar-refractivity contribution is 6.31. The molecule has 0 unspecified atom stereocenters. The molecule has 4 rings (SSSR count). The van der Waals surface area contributed by atoms with Gasteiger partial charge < -0.3 is 14.8 Å². The van der Waals surface area contributed by atoms with Crippen molar-refractivity contribution in [1.29, 1.82) is 0 Å². The number of amides is 1. The van der Waals surface area contributed by atoms with E-state index in [9.17, 15) is 9.59 Å². The number of aryl methyl sites for hydroxylation is 1. The van der Waals surface area contributed by atoms with E-state index in [1.807, 2.05) is 37.3 Å². The summed E-state index contributed by atoms with van der Waals surface area (Å²) in [5.41, 5.74) is 3.09. The molecule has 0 saturated carbocycles. The number of carbonyl (C=O) groups is 1. The minimum atomic E-state index is -0.316. The van der Waals surface area contributed by atoms with Crippen LogP contribution in [0.3, 0.4) is 0 Å². The van der Waals surface area contributed by atoms with E-state index in [1.165, 1.54) is 16.8 Å². The number of ether oxygens (including phenoxy) is 2. The molecular formula is C26H22ClN3O4. The number of halogens is 1. The van der Waals surface area contributed by atoms with Crippen molar-refractivity contribution in [2.45, 2.75) is 13.5 Å². The van der Waals surface area contributed by atoms with Gasteiger partial charge >= 0.3 is 0 Å². The number of anilines is 1. The van der Waals surface area contributed by atoms with Gasteiger partial charge in [-0.1, -0.05) is 29.8 Å². The van der Waals surface area contributed by atoms with Crippen LogP contribution in [0.2, 0.25) is 5.02 Å². The summed E-state index contributed by atoms with van der Waals surface area (Å²) in [5, 5.41) is 7.68. The molecule has 34 heavy (non-hydrogen) atoms. The van der Waals surface area contributed by atoms with Crippen LogP contribution in [0, 0.1) is 6.92 Å². The lowest BCUT2D eigenvalue weighted by molar-refractivity contribution is 0.102. The zero-order valence-electron chi connectivity index (χ0n) is 18.6. The lowest BCUT2D eigenvalue weighted by Gasteiger charge is -2.10. The minimum absolute atomic E-state index is 0.289. The smallest absolute Gasteiger partial charge is 0.271 e. The SMILES string of the molecule is COc1ccc(COc2ccc(=O)n(-c3ccc(C(=O)Nc4ccc(C)c(Cl)c4)cc3)n2)cc1. The molecule has 0 saturated heterocycles. The Hall–Kier alpha value is -4.10. The van der Waals surface area contributed by atoms with Crippen molar-refractivity contribution < 1.29 is 14.3 Å². The van der Waals surface area contributed by atoms with Crippen LogP contribution in [0.1, 0.15) is 21.5 Å². The van der Waals surface area contributed by atoms with Crippen LogP contribution in [0.4, 0.5) is 5.69 Å². The Morgan fingerprint density at radius 3 is 2.41 bits per heavy atom. The van der Waals surface area contributed by atoms with Gasteiger partial charge in [-0.3, -0.25) is 9.59 Å². The number of rotatable bonds is 7. The Morgan fingerprint density at radius 2 is 1.74 bits per heavy atom. The molecule has 8 heteroatoms. The van der Waals surface area contributed by atoms with Gasteiger partial charge in [-0.15, -0.1) is 5.10 Å². The Balaban J connectivity index is 1.46. The van der Waals surface area contributed by atoms with Gasteiger partial charge in [-0.05, 0) is 66.6 Å². The highest BCUT2D eigenvalue weighted by Crippen LogP contribution is 2.21. The number of hydrogen-bond acceptors (Lipinski definition) is 5. The summed E-state index contributed by atoms with van der Waals surface area (Å²) in [6.45, 7) is 2.18. The standard InChI is InChI=1S/C26H22ClN3O4/c1-17-3-8-20(15-23(17)27)28-26(32)19-6-9-21(10-7-19)30-25(31)14-13-24(29-30)34-16-18-4-11-22(33-2)12-5-18/h3-15H,16H2,1-2H3,(H,28,32). The third kappa shape index (κ3) is 5.44. The zero-order chi connectivity index (χ0) is 24.1. The van der Waals surface area contributed by atoms with Crippen LogP contribution in [-0.4, -0.2) is 22.8 Å². The molecule has 0 aliphatic rings. The van der Waals surface area contributed by atoms with Crippen LogP contribution in [0.5, 0.6) is 11.6 Å². The predicted octanol–water partition coefficient (Wildman–Crippen LogP) is 5.03. The molecule has 7 nitrogen and oxygen atoms in total. The maximum atomic E-state index is 12.6. The normalized spacial score (nSPS) is 10.6. The first-order valence-electron chi connectivity index (χ1n) is 10.5. The second kappa shape index (κ2) is 10.2. The third-order valence-electron chi connectivity index (χ3n) is 5.13. The van der Waals surface area contributed by atoms with E-state index in [0.717, 1.165) is 16.9 Å². The minimum Gasteiger partial charge on any atom is -0.497 e. The van der Waals surface area contributed by atoms with Crippen molar-refractivity contribution in [3.8, 4) is 17.3 Å². The molecule has 172 valence electrons. The summed E-state index contributed by atoms with van der Waals surface area (Å²) in [6, 6.07) is 22.3. The number of hydrogen-bond donors (Lipinski definition) is 1. The highest BCUT2D eigenvalue weighted by atomic mass is 35.5. The fraction of sp³-hybridized carbons (Fsp3) is 0.115. The quantitative estimate of drug-likeness (QED) is 0.405. The maximum absolute atomic E-state index is 12.6. The van der Waals surface area contributed by atoms with Crippen molar-refractivity contribution in [3.05, 3.63) is 111 Å². The van der Waals surface area contributed by atoms with E-state index in [2.05, 4.69) is 10.4 Å². The average molecular weight is 476 g/mol. The molecule has 0 aliphatic carbocycles. The molecule has 1 amide bonds. The number of carbonyl (C=O) groups excluding carboxylic acids is 1. The first-order valence-corrected chi connectivity index (χ1v) is 10.8. The Labute approximate surface area is 201 Å². The molecule has 0 bridgehead atoms. The Bertz CT molecular complexity index is 1370. The van der Waals surface area contributed by atoms with Crippen molar-refractivity contribution in [3.63, 3.8) is 0 Å². The van der Waals surface area contributed by atoms with Crippen LogP contribution in [0.25, 0.3) is 5.69 Å². The van der Waals surface area contributed by atoms with E-state index in [0.29, 0.717) is 27.8 Å². The topological polar surface area (TPSA) is 82.5 Å². The molecule has 1 N–H and O–H groups in total. The lowest BCUT2D eigenvalue weighted by atomic mass is 10.1. The molecule has 0 spiro atoms. The van der Waals surface area contributed by atoms with Gasteiger partial charge in [0, 0.05) is 28.4 Å². The number of nitrogens with one attached hydrogen (secondary N) is 1. The van der Waals surface area contributed by atoms with E-state index in [1.54, 1.807) is 43.5 Å². The fourth-order valence-corrected chi connectivity index (χ4v) is 3.34. The van der Waals surface area contributed by atoms with E-state index < -0.39 is 0 Å². The van der Waals surface area contributed by atoms with Crippen LogP contribution >= 0.6 is 11.6 Å². The molecule has 0 fully saturated rings. The zero-order valence-corrected chi connectivity index (χ0v) is 19.4. The summed E-state index contributed by atoms with van der Waals surface area (Å²) >= 11 is 6.12. The number of methoxy groups -OCH3 is 1. The molecule has 0 atom stereocenters. The number of benzene rings is 3. The van der Waals surface area contributed by atoms with Crippen LogP contribution < -0.4 is 20.3 Å². The van der Waals surface area contributed by atoms with Crippen LogP contribution in [0.15, 0.2) is 83.7 Å². The average Bonchev–Trinajstić information content (AvgIpc) is 2.86. The van der Waals surface area contributed by atoms with Gasteiger partial charge in [0.05, 0.1) is 12.8 Å². The summed E-state index contributed by atoms with van der Waals surface area (Å²) in [7, 11) is 1.61. The second-order valence-electron chi connectivity index (χ2n) is 7.52. The molecular weight excluding hydrogens is 454 g/mol. The maximum Gasteiger partial charge on any atom is 0.271 e. The van der Waals surface area contributed by atoms with Gasteiger partial charge in [0.15, 0.2) is 0 Å². The van der Waals surface area contributed by atoms with Gasteiger partial charge in [-0.25, -0.2) is 0 Å². The van der Waals surface area contributed by atoms with Crippen molar-refractivity contribution in [2.75, 3.05) is 12.4 Å². The number of nitrogens with zero attached hydrogens (tertiary/aromatic N) is 2. The van der Waals surface area contributed by atoms with Gasteiger partial charge in [0.1, 0.15) is 12.4 Å². The summed E-state index contributed by atoms with van der Waals surface area (Å²) in [6.07, 6.45) is 0. The van der Waals surface area contributed by atoms with Gasteiger partial charge in [-0.2, -0.15) is 4.68 Å². The first-order chi connectivity index (χ1) is 16.4. The molecule has 4 aromatic rings. The molecule has 3 aromatic carbocycles. The highest BCUT2D eigenvalue weighted by Gasteiger charge is 2.10. The lowest BCUT2D eigenvalue weighted by Crippen LogP contribution is -2.20. The summed E-state index contributed by atoms with van der Waals surface area (Å²) < 4.78 is 12.1. The first kappa shape index (κ1) is 23.1. The Kier molecular flexibility index (Phi) is 6.94. The van der Waals surface area contributed by atoms with E-state index in [-0.39, 0.29) is 18.1 Å². The van der Waals surface area contributed by atoms with Crippen molar-refractivity contribution in [2.24, 2.45) is 0 Å². The number of aromatic nitrogens is 2. The summed E-state index contributed by atoms with van der Waals surface area (Å²) in [4.78, 5) is 24.9. The Morgan fingerprint density at radius 1 is 1.00 bits per heavy atom. The molecule has 1 heterocycles. The molecule has 1 aromatic heterocycles. The van der Waals surface area contributed by atoms with Gasteiger partial charge in [0.2, 0.25) is 5.88 Å². The largest absolute Gasteiger partial charge is 0.497 e. The van der Waals surface area contributed by atoms with Crippen molar-refractivity contribution >= 4 is 23.2 Å². The van der Waals surface area contributed by atoms with Gasteiger partial charge in [0.25, 0.3) is 11.5 Å². The molecule has 0 aliphatic heterocycles. The van der Waals surface area contributed by atoms with E-state index >= 15 is 0 Å². The van der Waals surface area contributed by atoms with E-state index in [4.69, 9.17) is 21.1 Å². The summed E-state index contributed by atoms with van der Waals surface area (Å²) in [5.74, 6) is 0.770. The predicted molar refractivity (Wildman–Crippen MR) is 131 cm³/mol. The second-order valence-corrected chi connectivity index (χ2v) is 7.93. The monoisotopic (exact) mass is 475 g/mol. The third-order valence-corrected chi connectivity index (χ3v) is 5.53.